The van der Waals surface area contributed by atoms with E-state index in [2.05, 4.69) is 217 Å². The summed E-state index contributed by atoms with van der Waals surface area (Å²) in [6.45, 7) is 0. The minimum Gasteiger partial charge on any atom is -0.457 e. The summed E-state index contributed by atoms with van der Waals surface area (Å²) in [6, 6.07) is 78.4. The van der Waals surface area contributed by atoms with Crippen LogP contribution in [0.1, 0.15) is 44.9 Å². The lowest BCUT2D eigenvalue weighted by atomic mass is 9.63. The molecule has 59 heavy (non-hydrogen) atoms. The third-order valence-corrected chi connectivity index (χ3v) is 12.5. The Balaban J connectivity index is 1.15. The lowest BCUT2D eigenvalue weighted by Gasteiger charge is -2.42. The van der Waals surface area contributed by atoms with Crippen LogP contribution in [0.2, 0.25) is 0 Å². The highest BCUT2D eigenvalue weighted by molar-refractivity contribution is 6.06. The molecule has 1 aromatic heterocycles. The largest absolute Gasteiger partial charge is 0.457 e. The van der Waals surface area contributed by atoms with Crippen LogP contribution in [0, 0.1) is 0 Å². The van der Waals surface area contributed by atoms with Crippen LogP contribution in [0.15, 0.2) is 223 Å². The fourth-order valence-corrected chi connectivity index (χ4v) is 10.1. The SMILES string of the molecule is c1ccc(N(c2ccccc2)c2ccc(C(c3cccc4c3C3(c5ccccc5O4)c4ccccc4-c4ccccc43)c3cccc4c3oc3ccccc34)cc2)cc1. The Morgan fingerprint density at radius 2 is 0.915 bits per heavy atom. The van der Waals surface area contributed by atoms with Crippen LogP contribution in [0.4, 0.5) is 17.1 Å². The molecule has 0 saturated carbocycles. The first-order valence-electron chi connectivity index (χ1n) is 20.3. The van der Waals surface area contributed by atoms with Gasteiger partial charge in [-0.1, -0.05) is 164 Å². The third kappa shape index (κ3) is 4.95. The highest BCUT2D eigenvalue weighted by Crippen LogP contribution is 2.64. The monoisotopic (exact) mass is 755 g/mol. The van der Waals surface area contributed by atoms with Crippen molar-refractivity contribution in [2.24, 2.45) is 0 Å². The Bertz CT molecular complexity index is 3120. The standard InChI is InChI=1S/C56H37NO2/c1-3-17-38(18-4-1)57(39-19-5-2-6-20-39)40-35-33-37(34-36-40)53(46-26-15-24-44-43-23-9-13-30-50(43)59-55(44)46)45-25-16-32-52-54(45)56(49-29-12-14-31-51(49)58-52)47-27-10-7-21-41(47)42-22-8-11-28-48(42)56/h1-36,53H. The van der Waals surface area contributed by atoms with Crippen LogP contribution < -0.4 is 9.64 Å². The van der Waals surface area contributed by atoms with Crippen LogP contribution in [0.3, 0.4) is 0 Å². The van der Waals surface area contributed by atoms with E-state index < -0.39 is 5.41 Å². The number of para-hydroxylation sites is 5. The van der Waals surface area contributed by atoms with Crippen LogP contribution in [-0.2, 0) is 5.41 Å². The van der Waals surface area contributed by atoms with Crippen LogP contribution in [0.25, 0.3) is 33.1 Å². The Labute approximate surface area is 343 Å². The number of ether oxygens (including phenoxy) is 1. The van der Waals surface area contributed by atoms with Gasteiger partial charge in [-0.25, -0.2) is 0 Å². The number of hydrogen-bond acceptors (Lipinski definition) is 3. The molecule has 278 valence electrons. The second-order valence-corrected chi connectivity index (χ2v) is 15.5. The third-order valence-electron chi connectivity index (χ3n) is 12.5. The molecule has 12 rings (SSSR count). The second kappa shape index (κ2) is 13.2. The van der Waals surface area contributed by atoms with E-state index in [4.69, 9.17) is 9.15 Å². The summed E-state index contributed by atoms with van der Waals surface area (Å²) in [4.78, 5) is 2.31. The zero-order chi connectivity index (χ0) is 38.9. The molecule has 3 nitrogen and oxygen atoms in total. The van der Waals surface area contributed by atoms with Crippen LogP contribution in [-0.4, -0.2) is 0 Å². The van der Waals surface area contributed by atoms with Gasteiger partial charge in [0, 0.05) is 50.4 Å². The van der Waals surface area contributed by atoms with Crippen LogP contribution >= 0.6 is 0 Å². The van der Waals surface area contributed by atoms with Crippen molar-refractivity contribution in [3.8, 4) is 22.6 Å². The molecule has 0 bridgehead atoms. The average Bonchev–Trinajstić information content (AvgIpc) is 3.83. The van der Waals surface area contributed by atoms with E-state index >= 15 is 0 Å². The molecule has 10 aromatic rings. The van der Waals surface area contributed by atoms with Gasteiger partial charge in [0.05, 0.1) is 5.41 Å². The molecule has 0 N–H and O–H groups in total. The Kier molecular flexibility index (Phi) is 7.51. The predicted molar refractivity (Wildman–Crippen MR) is 240 cm³/mol. The molecule has 1 spiro atoms. The smallest absolute Gasteiger partial charge is 0.139 e. The number of rotatable bonds is 6. The van der Waals surface area contributed by atoms with Crippen LogP contribution in [0.5, 0.6) is 11.5 Å². The van der Waals surface area contributed by atoms with E-state index in [1.54, 1.807) is 0 Å². The summed E-state index contributed by atoms with van der Waals surface area (Å²) in [5.74, 6) is 1.52. The maximum Gasteiger partial charge on any atom is 0.139 e. The zero-order valence-electron chi connectivity index (χ0n) is 32.1. The van der Waals surface area contributed by atoms with Gasteiger partial charge in [0.2, 0.25) is 0 Å². The minimum atomic E-state index is -0.634. The van der Waals surface area contributed by atoms with Gasteiger partial charge in [0.15, 0.2) is 0 Å². The Morgan fingerprint density at radius 1 is 0.390 bits per heavy atom. The van der Waals surface area contributed by atoms with E-state index in [9.17, 15) is 0 Å². The lowest BCUT2D eigenvalue weighted by Crippen LogP contribution is -2.34. The van der Waals surface area contributed by atoms with Gasteiger partial charge in [0.25, 0.3) is 0 Å². The number of benzene rings is 9. The maximum absolute atomic E-state index is 7.01. The summed E-state index contributed by atoms with van der Waals surface area (Å²) < 4.78 is 13.9. The summed E-state index contributed by atoms with van der Waals surface area (Å²) in [5.41, 5.74) is 15.2. The molecule has 1 unspecified atom stereocenters. The first kappa shape index (κ1) is 33.5. The van der Waals surface area contributed by atoms with E-state index in [1.165, 1.54) is 27.8 Å². The number of fused-ring (bicyclic) bond motifs is 12. The van der Waals surface area contributed by atoms with Gasteiger partial charge in [0.1, 0.15) is 22.7 Å². The summed E-state index contributed by atoms with van der Waals surface area (Å²) in [7, 11) is 0. The normalized spacial score (nSPS) is 13.6. The van der Waals surface area contributed by atoms with Crippen molar-refractivity contribution in [3.63, 3.8) is 0 Å². The molecule has 0 radical (unpaired) electrons. The molecule has 2 heterocycles. The summed E-state index contributed by atoms with van der Waals surface area (Å²) in [6.07, 6.45) is 0. The summed E-state index contributed by atoms with van der Waals surface area (Å²) in [5, 5.41) is 2.22. The number of furan rings is 1. The fraction of sp³-hybridized carbons (Fsp3) is 0.0357. The topological polar surface area (TPSA) is 25.6 Å². The highest BCUT2D eigenvalue weighted by atomic mass is 16.5. The Hall–Kier alpha value is -7.62. The van der Waals surface area contributed by atoms with Crippen molar-refractivity contribution in [1.29, 1.82) is 0 Å². The van der Waals surface area contributed by atoms with Crippen molar-refractivity contribution < 1.29 is 9.15 Å². The average molecular weight is 756 g/mol. The van der Waals surface area contributed by atoms with E-state index in [1.807, 2.05) is 6.07 Å². The van der Waals surface area contributed by atoms with E-state index in [0.717, 1.165) is 72.8 Å². The van der Waals surface area contributed by atoms with Crippen molar-refractivity contribution >= 4 is 39.0 Å². The van der Waals surface area contributed by atoms with Gasteiger partial charge in [-0.3, -0.25) is 0 Å². The van der Waals surface area contributed by atoms with Gasteiger partial charge in [-0.15, -0.1) is 0 Å². The number of nitrogens with zero attached hydrogens (tertiary/aromatic N) is 1. The van der Waals surface area contributed by atoms with Crippen molar-refractivity contribution in [2.45, 2.75) is 11.3 Å². The van der Waals surface area contributed by atoms with Gasteiger partial charge in [-0.05, 0) is 88.0 Å². The lowest BCUT2D eigenvalue weighted by molar-refractivity contribution is 0.434. The number of anilines is 3. The van der Waals surface area contributed by atoms with Gasteiger partial charge >= 0.3 is 0 Å². The van der Waals surface area contributed by atoms with Crippen molar-refractivity contribution in [3.05, 3.63) is 257 Å². The molecule has 3 heteroatoms. The minimum absolute atomic E-state index is 0.226. The molecule has 2 aliphatic rings. The van der Waals surface area contributed by atoms with Gasteiger partial charge in [-0.2, -0.15) is 0 Å². The van der Waals surface area contributed by atoms with E-state index in [-0.39, 0.29) is 5.92 Å². The fourth-order valence-electron chi connectivity index (χ4n) is 10.1. The number of hydrogen-bond donors (Lipinski definition) is 0. The molecular formula is C56H37NO2. The molecular weight excluding hydrogens is 719 g/mol. The van der Waals surface area contributed by atoms with Gasteiger partial charge < -0.3 is 14.1 Å². The first-order valence-corrected chi connectivity index (χ1v) is 20.3. The maximum atomic E-state index is 7.01. The van der Waals surface area contributed by atoms with Crippen molar-refractivity contribution in [2.75, 3.05) is 4.90 Å². The first-order chi connectivity index (χ1) is 29.3. The highest BCUT2D eigenvalue weighted by Gasteiger charge is 2.52. The molecule has 1 aliphatic heterocycles. The molecule has 0 fully saturated rings. The predicted octanol–water partition coefficient (Wildman–Crippen LogP) is 14.7. The molecule has 1 aliphatic carbocycles. The molecule has 9 aromatic carbocycles. The molecule has 0 saturated heterocycles. The van der Waals surface area contributed by atoms with E-state index in [0.29, 0.717) is 0 Å². The van der Waals surface area contributed by atoms with Crippen molar-refractivity contribution in [1.82, 2.24) is 0 Å². The summed E-state index contributed by atoms with van der Waals surface area (Å²) >= 11 is 0. The quantitative estimate of drug-likeness (QED) is 0.158. The molecule has 0 amide bonds. The zero-order valence-corrected chi connectivity index (χ0v) is 32.1. The second-order valence-electron chi connectivity index (χ2n) is 15.5. The molecule has 1 atom stereocenters. The Morgan fingerprint density at radius 3 is 1.63 bits per heavy atom.